The molecule has 25 heavy (non-hydrogen) atoms. The zero-order valence-electron chi connectivity index (χ0n) is 15.0. The molecule has 2 aromatic rings. The molecule has 6 nitrogen and oxygen atoms in total. The lowest BCUT2D eigenvalue weighted by Gasteiger charge is -2.29. The lowest BCUT2D eigenvalue weighted by Crippen LogP contribution is -2.53. The van der Waals surface area contributed by atoms with Gasteiger partial charge < -0.3 is 19.8 Å². The zero-order chi connectivity index (χ0) is 18.4. The molecule has 0 saturated heterocycles. The van der Waals surface area contributed by atoms with Crippen LogP contribution in [-0.4, -0.2) is 30.5 Å². The van der Waals surface area contributed by atoms with Crippen LogP contribution in [0.4, 0.5) is 0 Å². The van der Waals surface area contributed by atoms with Gasteiger partial charge in [-0.15, -0.1) is 0 Å². The molecule has 0 aliphatic carbocycles. The van der Waals surface area contributed by atoms with E-state index in [9.17, 15) is 9.59 Å². The average Bonchev–Trinajstić information content (AvgIpc) is 3.09. The Labute approximate surface area is 147 Å². The maximum Gasteiger partial charge on any atom is 0.255 e. The third-order valence-corrected chi connectivity index (χ3v) is 3.81. The molecule has 1 heterocycles. The summed E-state index contributed by atoms with van der Waals surface area (Å²) in [6.45, 7) is 5.51. The molecule has 0 aliphatic heterocycles. The number of rotatable bonds is 7. The van der Waals surface area contributed by atoms with Gasteiger partial charge in [0.1, 0.15) is 18.1 Å². The van der Waals surface area contributed by atoms with Crippen molar-refractivity contribution in [1.29, 1.82) is 0 Å². The maximum atomic E-state index is 12.4. The summed E-state index contributed by atoms with van der Waals surface area (Å²) in [5, 5.41) is 5.63. The van der Waals surface area contributed by atoms with Crippen LogP contribution < -0.4 is 15.4 Å². The first kappa shape index (κ1) is 18.6. The van der Waals surface area contributed by atoms with Gasteiger partial charge in [-0.25, -0.2) is 0 Å². The minimum atomic E-state index is -0.667. The van der Waals surface area contributed by atoms with Gasteiger partial charge in [-0.05, 0) is 44.9 Å². The van der Waals surface area contributed by atoms with Gasteiger partial charge in [0, 0.05) is 5.54 Å². The molecular formula is C19H24N2O4. The second-order valence-corrected chi connectivity index (χ2v) is 6.57. The number of carbonyl (C=O) groups excluding carboxylic acids is 2. The molecule has 0 bridgehead atoms. The third kappa shape index (κ3) is 5.11. The molecule has 0 saturated carbocycles. The van der Waals surface area contributed by atoms with Crippen LogP contribution in [0, 0.1) is 0 Å². The molecule has 1 aromatic heterocycles. The van der Waals surface area contributed by atoms with Crippen molar-refractivity contribution in [3.8, 4) is 5.75 Å². The Morgan fingerprint density at radius 3 is 2.60 bits per heavy atom. The number of amides is 2. The smallest absolute Gasteiger partial charge is 0.255 e. The minimum absolute atomic E-state index is 0.253. The molecule has 0 fully saturated rings. The van der Waals surface area contributed by atoms with Crippen LogP contribution >= 0.6 is 0 Å². The number of carbonyl (C=O) groups is 2. The van der Waals surface area contributed by atoms with Crippen molar-refractivity contribution in [1.82, 2.24) is 10.6 Å². The van der Waals surface area contributed by atoms with Crippen LogP contribution in [0.15, 0.2) is 47.3 Å². The second-order valence-electron chi connectivity index (χ2n) is 6.57. The maximum absolute atomic E-state index is 12.4. The van der Waals surface area contributed by atoms with Crippen LogP contribution in [0.1, 0.15) is 36.7 Å². The van der Waals surface area contributed by atoms with Crippen molar-refractivity contribution in [3.63, 3.8) is 0 Å². The fourth-order valence-corrected chi connectivity index (χ4v) is 2.55. The number of hydrogen-bond donors (Lipinski definition) is 2. The SMILES string of the molecule is COc1ccccc1CC(C)(C)NC(=O)C(C)NC(=O)c1ccoc1. The number of ether oxygens (including phenoxy) is 1. The van der Waals surface area contributed by atoms with Gasteiger partial charge in [-0.1, -0.05) is 18.2 Å². The Kier molecular flexibility index (Phi) is 5.85. The fraction of sp³-hybridized carbons (Fsp3) is 0.368. The summed E-state index contributed by atoms with van der Waals surface area (Å²) < 4.78 is 10.2. The summed E-state index contributed by atoms with van der Waals surface area (Å²) in [6, 6.07) is 8.58. The molecule has 1 unspecified atom stereocenters. The second kappa shape index (κ2) is 7.88. The summed E-state index contributed by atoms with van der Waals surface area (Å²) in [6.07, 6.45) is 3.35. The minimum Gasteiger partial charge on any atom is -0.496 e. The molecule has 2 rings (SSSR count). The van der Waals surface area contributed by atoms with E-state index in [0.717, 1.165) is 11.3 Å². The Hall–Kier alpha value is -2.76. The number of para-hydroxylation sites is 1. The summed E-state index contributed by atoms with van der Waals surface area (Å²) in [5.41, 5.74) is 0.888. The Morgan fingerprint density at radius 2 is 1.96 bits per heavy atom. The highest BCUT2D eigenvalue weighted by Crippen LogP contribution is 2.22. The van der Waals surface area contributed by atoms with E-state index in [1.807, 2.05) is 38.1 Å². The van der Waals surface area contributed by atoms with E-state index in [0.29, 0.717) is 12.0 Å². The molecular weight excluding hydrogens is 320 g/mol. The van der Waals surface area contributed by atoms with E-state index in [1.54, 1.807) is 20.1 Å². The first-order chi connectivity index (χ1) is 11.8. The number of methoxy groups -OCH3 is 1. The van der Waals surface area contributed by atoms with Gasteiger partial charge in [0.15, 0.2) is 0 Å². The fourth-order valence-electron chi connectivity index (χ4n) is 2.55. The first-order valence-corrected chi connectivity index (χ1v) is 8.09. The van der Waals surface area contributed by atoms with Crippen LogP contribution in [0.5, 0.6) is 5.75 Å². The van der Waals surface area contributed by atoms with E-state index in [2.05, 4.69) is 10.6 Å². The van der Waals surface area contributed by atoms with Crippen LogP contribution in [0.3, 0.4) is 0 Å². The highest BCUT2D eigenvalue weighted by molar-refractivity contribution is 5.97. The molecule has 2 amide bonds. The lowest BCUT2D eigenvalue weighted by molar-refractivity contribution is -0.124. The average molecular weight is 344 g/mol. The van der Waals surface area contributed by atoms with Gasteiger partial charge in [-0.2, -0.15) is 0 Å². The molecule has 0 spiro atoms. The quantitative estimate of drug-likeness (QED) is 0.809. The molecule has 134 valence electrons. The van der Waals surface area contributed by atoms with Crippen LogP contribution in [0.25, 0.3) is 0 Å². The van der Waals surface area contributed by atoms with Crippen molar-refractivity contribution < 1.29 is 18.7 Å². The topological polar surface area (TPSA) is 80.6 Å². The van der Waals surface area contributed by atoms with E-state index in [1.165, 1.54) is 12.5 Å². The molecule has 2 N–H and O–H groups in total. The monoisotopic (exact) mass is 344 g/mol. The number of benzene rings is 1. The van der Waals surface area contributed by atoms with E-state index in [4.69, 9.17) is 9.15 Å². The van der Waals surface area contributed by atoms with Crippen molar-refractivity contribution >= 4 is 11.8 Å². The summed E-state index contributed by atoms with van der Waals surface area (Å²) in [7, 11) is 1.62. The Morgan fingerprint density at radius 1 is 1.24 bits per heavy atom. The third-order valence-electron chi connectivity index (χ3n) is 3.81. The summed E-state index contributed by atoms with van der Waals surface area (Å²) in [5.74, 6) is 0.182. The molecule has 0 radical (unpaired) electrons. The highest BCUT2D eigenvalue weighted by Gasteiger charge is 2.26. The Bertz CT molecular complexity index is 723. The van der Waals surface area contributed by atoms with Gasteiger partial charge in [0.25, 0.3) is 5.91 Å². The van der Waals surface area contributed by atoms with Gasteiger partial charge >= 0.3 is 0 Å². The lowest BCUT2D eigenvalue weighted by atomic mass is 9.94. The van der Waals surface area contributed by atoms with Gasteiger partial charge in [0.05, 0.1) is 18.9 Å². The largest absolute Gasteiger partial charge is 0.496 e. The predicted octanol–water partition coefficient (Wildman–Crippen LogP) is 2.54. The number of hydrogen-bond acceptors (Lipinski definition) is 4. The van der Waals surface area contributed by atoms with E-state index >= 15 is 0 Å². The molecule has 6 heteroatoms. The number of nitrogens with one attached hydrogen (secondary N) is 2. The van der Waals surface area contributed by atoms with Crippen LogP contribution in [-0.2, 0) is 11.2 Å². The standard InChI is InChI=1S/C19H24N2O4/c1-13(20-18(23)15-9-10-25-12-15)17(22)21-19(2,3)11-14-7-5-6-8-16(14)24-4/h5-10,12-13H,11H2,1-4H3,(H,20,23)(H,21,22). The van der Waals surface area contributed by atoms with Crippen molar-refractivity contribution in [2.45, 2.75) is 38.8 Å². The highest BCUT2D eigenvalue weighted by atomic mass is 16.5. The number of furan rings is 1. The first-order valence-electron chi connectivity index (χ1n) is 8.09. The normalized spacial score (nSPS) is 12.3. The van der Waals surface area contributed by atoms with Gasteiger partial charge in [0.2, 0.25) is 5.91 Å². The Balaban J connectivity index is 1.96. The van der Waals surface area contributed by atoms with E-state index in [-0.39, 0.29) is 11.8 Å². The van der Waals surface area contributed by atoms with Gasteiger partial charge in [-0.3, -0.25) is 9.59 Å². The van der Waals surface area contributed by atoms with Crippen molar-refractivity contribution in [2.75, 3.05) is 7.11 Å². The van der Waals surface area contributed by atoms with Crippen molar-refractivity contribution in [2.24, 2.45) is 0 Å². The van der Waals surface area contributed by atoms with E-state index < -0.39 is 11.6 Å². The molecule has 1 aromatic carbocycles. The van der Waals surface area contributed by atoms with Crippen molar-refractivity contribution in [3.05, 3.63) is 54.0 Å². The summed E-state index contributed by atoms with van der Waals surface area (Å²) in [4.78, 5) is 24.4. The zero-order valence-corrected chi connectivity index (χ0v) is 15.0. The van der Waals surface area contributed by atoms with Crippen LogP contribution in [0.2, 0.25) is 0 Å². The summed E-state index contributed by atoms with van der Waals surface area (Å²) >= 11 is 0. The predicted molar refractivity (Wildman–Crippen MR) is 94.6 cm³/mol. The molecule has 1 atom stereocenters. The molecule has 0 aliphatic rings.